The predicted octanol–water partition coefficient (Wildman–Crippen LogP) is 1.20. The van der Waals surface area contributed by atoms with E-state index in [1.807, 2.05) is 6.07 Å². The summed E-state index contributed by atoms with van der Waals surface area (Å²) in [5, 5.41) is 20.4. The van der Waals surface area contributed by atoms with Gasteiger partial charge in [0.1, 0.15) is 0 Å². The Morgan fingerprint density at radius 2 is 2.20 bits per heavy atom. The van der Waals surface area contributed by atoms with Crippen molar-refractivity contribution in [3.05, 3.63) is 29.8 Å². The molecule has 1 unspecified atom stereocenters. The van der Waals surface area contributed by atoms with Gasteiger partial charge in [-0.05, 0) is 49.6 Å². The third-order valence-electron chi connectivity index (χ3n) is 3.57. The van der Waals surface area contributed by atoms with Gasteiger partial charge in [-0.3, -0.25) is 9.69 Å². The van der Waals surface area contributed by atoms with Crippen molar-refractivity contribution in [1.82, 2.24) is 4.90 Å². The molecule has 0 radical (unpaired) electrons. The third kappa shape index (κ3) is 4.05. The maximum atomic E-state index is 11.9. The van der Waals surface area contributed by atoms with Gasteiger partial charge in [0.15, 0.2) is 0 Å². The summed E-state index contributed by atoms with van der Waals surface area (Å²) in [6, 6.07) is 8.87. The lowest BCUT2D eigenvalue weighted by molar-refractivity contribution is -0.117. The zero-order valence-corrected chi connectivity index (χ0v) is 11.4. The third-order valence-corrected chi connectivity index (χ3v) is 3.57. The van der Waals surface area contributed by atoms with Crippen molar-refractivity contribution >= 4 is 11.6 Å². The Labute approximate surface area is 118 Å². The van der Waals surface area contributed by atoms with Crippen molar-refractivity contribution in [1.29, 1.82) is 5.26 Å². The van der Waals surface area contributed by atoms with E-state index in [2.05, 4.69) is 10.2 Å². The number of nitriles is 1. The van der Waals surface area contributed by atoms with E-state index in [0.29, 0.717) is 23.7 Å². The van der Waals surface area contributed by atoms with Crippen LogP contribution in [0.2, 0.25) is 0 Å². The van der Waals surface area contributed by atoms with Gasteiger partial charge >= 0.3 is 0 Å². The zero-order chi connectivity index (χ0) is 14.4. The van der Waals surface area contributed by atoms with Crippen molar-refractivity contribution in [2.75, 3.05) is 31.6 Å². The summed E-state index contributed by atoms with van der Waals surface area (Å²) in [6.45, 7) is 2.38. The van der Waals surface area contributed by atoms with E-state index < -0.39 is 0 Å². The summed E-state index contributed by atoms with van der Waals surface area (Å²) in [7, 11) is 0. The Kier molecular flexibility index (Phi) is 5.10. The molecular formula is C15H19N3O2. The van der Waals surface area contributed by atoms with Crippen LogP contribution in [0, 0.1) is 17.2 Å². The second-order valence-electron chi connectivity index (χ2n) is 5.14. The molecule has 0 aliphatic carbocycles. The van der Waals surface area contributed by atoms with Gasteiger partial charge in [0, 0.05) is 18.8 Å². The van der Waals surface area contributed by atoms with Crippen molar-refractivity contribution < 1.29 is 9.90 Å². The summed E-state index contributed by atoms with van der Waals surface area (Å²) in [5.41, 5.74) is 1.29. The first-order valence-corrected chi connectivity index (χ1v) is 6.84. The second-order valence-corrected chi connectivity index (χ2v) is 5.14. The second kappa shape index (κ2) is 7.04. The number of hydrogen-bond donors (Lipinski definition) is 2. The number of rotatable bonds is 5. The number of carbonyl (C=O) groups is 1. The van der Waals surface area contributed by atoms with E-state index in [9.17, 15) is 4.79 Å². The van der Waals surface area contributed by atoms with Gasteiger partial charge in [-0.1, -0.05) is 0 Å². The Bertz CT molecular complexity index is 493. The molecule has 1 saturated heterocycles. The summed E-state index contributed by atoms with van der Waals surface area (Å²) in [6.07, 6.45) is 1.86. The van der Waals surface area contributed by atoms with Crippen LogP contribution < -0.4 is 5.32 Å². The van der Waals surface area contributed by atoms with Gasteiger partial charge in [0.25, 0.3) is 0 Å². The number of aliphatic hydroxyl groups is 1. The van der Waals surface area contributed by atoms with Crippen LogP contribution >= 0.6 is 0 Å². The molecular weight excluding hydrogens is 254 g/mol. The summed E-state index contributed by atoms with van der Waals surface area (Å²) in [5.74, 6) is 0.460. The molecule has 5 nitrogen and oxygen atoms in total. The quantitative estimate of drug-likeness (QED) is 0.845. The molecule has 1 aliphatic rings. The van der Waals surface area contributed by atoms with E-state index in [4.69, 9.17) is 10.4 Å². The van der Waals surface area contributed by atoms with Gasteiger partial charge in [-0.25, -0.2) is 0 Å². The van der Waals surface area contributed by atoms with Crippen LogP contribution in [-0.2, 0) is 4.79 Å². The number of aliphatic hydroxyl groups excluding tert-OH is 1. The van der Waals surface area contributed by atoms with Crippen LogP contribution in [-0.4, -0.2) is 42.2 Å². The SMILES string of the molecule is N#Cc1ccc(NC(=O)CN2CCC(CCO)C2)cc1. The molecule has 1 aromatic rings. The summed E-state index contributed by atoms with van der Waals surface area (Å²) >= 11 is 0. The maximum absolute atomic E-state index is 11.9. The first kappa shape index (κ1) is 14.5. The largest absolute Gasteiger partial charge is 0.396 e. The molecule has 5 heteroatoms. The van der Waals surface area contributed by atoms with Crippen molar-refractivity contribution in [3.63, 3.8) is 0 Å². The highest BCUT2D eigenvalue weighted by Crippen LogP contribution is 2.18. The summed E-state index contributed by atoms with van der Waals surface area (Å²) < 4.78 is 0. The molecule has 1 atom stereocenters. The molecule has 1 aromatic carbocycles. The van der Waals surface area contributed by atoms with E-state index in [-0.39, 0.29) is 12.5 Å². The van der Waals surface area contributed by atoms with Crippen LogP contribution in [0.15, 0.2) is 24.3 Å². The standard InChI is InChI=1S/C15H19N3O2/c16-9-12-1-3-14(4-2-12)17-15(20)11-18-7-5-13(10-18)6-8-19/h1-4,13,19H,5-8,10-11H2,(H,17,20). The van der Waals surface area contributed by atoms with Gasteiger partial charge < -0.3 is 10.4 Å². The molecule has 106 valence electrons. The number of carbonyl (C=O) groups excluding carboxylic acids is 1. The Balaban J connectivity index is 1.79. The molecule has 1 heterocycles. The van der Waals surface area contributed by atoms with Crippen molar-refractivity contribution in [2.24, 2.45) is 5.92 Å². The zero-order valence-electron chi connectivity index (χ0n) is 11.4. The summed E-state index contributed by atoms with van der Waals surface area (Å²) in [4.78, 5) is 14.0. The number of nitrogens with one attached hydrogen (secondary N) is 1. The molecule has 0 bridgehead atoms. The first-order chi connectivity index (χ1) is 9.71. The highest BCUT2D eigenvalue weighted by molar-refractivity contribution is 5.92. The number of hydrogen-bond acceptors (Lipinski definition) is 4. The van der Waals surface area contributed by atoms with Gasteiger partial charge in [-0.2, -0.15) is 5.26 Å². The average molecular weight is 273 g/mol. The van der Waals surface area contributed by atoms with Crippen molar-refractivity contribution in [2.45, 2.75) is 12.8 Å². The fourth-order valence-electron chi connectivity index (χ4n) is 2.51. The molecule has 20 heavy (non-hydrogen) atoms. The number of nitrogens with zero attached hydrogens (tertiary/aromatic N) is 2. The molecule has 0 saturated carbocycles. The van der Waals surface area contributed by atoms with Gasteiger partial charge in [0.2, 0.25) is 5.91 Å². The lowest BCUT2D eigenvalue weighted by atomic mass is 10.1. The fraction of sp³-hybridized carbons (Fsp3) is 0.467. The Hall–Kier alpha value is -1.90. The monoisotopic (exact) mass is 273 g/mol. The average Bonchev–Trinajstić information content (AvgIpc) is 2.87. The van der Waals surface area contributed by atoms with Crippen molar-refractivity contribution in [3.8, 4) is 6.07 Å². The Morgan fingerprint density at radius 3 is 2.85 bits per heavy atom. The molecule has 2 N–H and O–H groups in total. The van der Waals surface area contributed by atoms with Crippen LogP contribution in [0.1, 0.15) is 18.4 Å². The van der Waals surface area contributed by atoms with Gasteiger partial charge in [0.05, 0.1) is 18.2 Å². The molecule has 1 aliphatic heterocycles. The minimum atomic E-state index is -0.0423. The number of amides is 1. The van der Waals surface area contributed by atoms with E-state index in [0.717, 1.165) is 25.9 Å². The number of benzene rings is 1. The first-order valence-electron chi connectivity index (χ1n) is 6.84. The van der Waals surface area contributed by atoms with E-state index >= 15 is 0 Å². The minimum Gasteiger partial charge on any atom is -0.396 e. The van der Waals surface area contributed by atoms with Crippen LogP contribution in [0.5, 0.6) is 0 Å². The molecule has 1 fully saturated rings. The van der Waals surface area contributed by atoms with Gasteiger partial charge in [-0.15, -0.1) is 0 Å². The minimum absolute atomic E-state index is 0.0423. The van der Waals surface area contributed by atoms with E-state index in [1.165, 1.54) is 0 Å². The lowest BCUT2D eigenvalue weighted by Crippen LogP contribution is -2.31. The van der Waals surface area contributed by atoms with Crippen LogP contribution in [0.4, 0.5) is 5.69 Å². The van der Waals surface area contributed by atoms with E-state index in [1.54, 1.807) is 24.3 Å². The molecule has 0 aromatic heterocycles. The normalized spacial score (nSPS) is 18.7. The van der Waals surface area contributed by atoms with Crippen LogP contribution in [0.25, 0.3) is 0 Å². The molecule has 1 amide bonds. The number of anilines is 1. The highest BCUT2D eigenvalue weighted by atomic mass is 16.3. The number of likely N-dealkylation sites (tertiary alicyclic amines) is 1. The lowest BCUT2D eigenvalue weighted by Gasteiger charge is -2.15. The predicted molar refractivity (Wildman–Crippen MR) is 76.0 cm³/mol. The molecule has 2 rings (SSSR count). The fourth-order valence-corrected chi connectivity index (χ4v) is 2.51. The maximum Gasteiger partial charge on any atom is 0.238 e. The van der Waals surface area contributed by atoms with Crippen LogP contribution in [0.3, 0.4) is 0 Å². The smallest absolute Gasteiger partial charge is 0.238 e. The Morgan fingerprint density at radius 1 is 1.45 bits per heavy atom. The highest BCUT2D eigenvalue weighted by Gasteiger charge is 2.23. The topological polar surface area (TPSA) is 76.4 Å². The molecule has 0 spiro atoms.